The van der Waals surface area contributed by atoms with Gasteiger partial charge in [0, 0.05) is 0 Å². The lowest BCUT2D eigenvalue weighted by molar-refractivity contribution is 0.288. The monoisotopic (exact) mass is 732 g/mol. The van der Waals surface area contributed by atoms with Gasteiger partial charge in [-0.25, -0.2) is 0 Å². The normalized spacial score (nSPS) is 11.0. The first-order valence-corrected chi connectivity index (χ1v) is 20.8. The molecule has 4 aromatic rings. The van der Waals surface area contributed by atoms with Gasteiger partial charge in [0.05, 0.1) is 52.9 Å². The predicted molar refractivity (Wildman–Crippen MR) is 206 cm³/mol. The predicted octanol–water partition coefficient (Wildman–Crippen LogP) is 5.80. The summed E-state index contributed by atoms with van der Waals surface area (Å²) in [5, 5.41) is 3.97. The second-order valence-corrected chi connectivity index (χ2v) is 15.3. The van der Waals surface area contributed by atoms with Crippen LogP contribution in [0.15, 0.2) is 72.8 Å². The molecule has 0 saturated heterocycles. The summed E-state index contributed by atoms with van der Waals surface area (Å²) in [5.74, 6) is 5.46. The number of hydrogen-bond donors (Lipinski definition) is 0. The van der Waals surface area contributed by atoms with E-state index >= 15 is 0 Å². The summed E-state index contributed by atoms with van der Waals surface area (Å²) in [6, 6.07) is 24.4. The molecule has 2 radical (unpaired) electrons. The van der Waals surface area contributed by atoms with Crippen molar-refractivity contribution in [1.29, 1.82) is 0 Å². The molecule has 0 fully saturated rings. The summed E-state index contributed by atoms with van der Waals surface area (Å²) in [4.78, 5) is 0. The molecule has 51 heavy (non-hydrogen) atoms. The van der Waals surface area contributed by atoms with Gasteiger partial charge < -0.3 is 42.0 Å². The molecule has 0 unspecified atom stereocenters. The Morgan fingerprint density at radius 1 is 0.294 bits per heavy atom. The summed E-state index contributed by atoms with van der Waals surface area (Å²) in [5.41, 5.74) is 0. The molecule has 9 nitrogen and oxygen atoms in total. The van der Waals surface area contributed by atoms with Gasteiger partial charge in [-0.15, -0.1) is 0 Å². The van der Waals surface area contributed by atoms with Gasteiger partial charge >= 0.3 is 0 Å². The van der Waals surface area contributed by atoms with Crippen molar-refractivity contribution >= 4 is 38.8 Å². The Kier molecular flexibility index (Phi) is 15.9. The maximum Gasteiger partial charge on any atom is 0.272 e. The molecule has 0 heterocycles. The van der Waals surface area contributed by atoms with Gasteiger partial charge in [0.15, 0.2) is 46.0 Å². The third-order valence-corrected chi connectivity index (χ3v) is 12.4. The van der Waals surface area contributed by atoms with Crippen LogP contribution in [0.3, 0.4) is 0 Å². The van der Waals surface area contributed by atoms with Gasteiger partial charge in [-0.1, -0.05) is 24.3 Å². The van der Waals surface area contributed by atoms with E-state index in [0.29, 0.717) is 98.9 Å². The van der Waals surface area contributed by atoms with Crippen LogP contribution in [0.25, 0.3) is 0 Å². The summed E-state index contributed by atoms with van der Waals surface area (Å²) >= 11 is 0. The summed E-state index contributed by atoms with van der Waals surface area (Å²) in [6.45, 7) is 19.8. The molecular formula is C40H52O9Si2. The van der Waals surface area contributed by atoms with Gasteiger partial charge in [0.25, 0.3) is 18.1 Å². The van der Waals surface area contributed by atoms with Crippen molar-refractivity contribution in [2.24, 2.45) is 0 Å². The van der Waals surface area contributed by atoms with Gasteiger partial charge in [0.1, 0.15) is 0 Å². The molecular weight excluding hydrogens is 681 g/mol. The number of ether oxygens (including phenoxy) is 8. The maximum absolute atomic E-state index is 7.54. The van der Waals surface area contributed by atoms with E-state index in [2.05, 4.69) is 24.3 Å². The van der Waals surface area contributed by atoms with Crippen LogP contribution in [-0.2, 0) is 4.12 Å². The minimum absolute atomic E-state index is 0.498. The smallest absolute Gasteiger partial charge is 0.272 e. The molecule has 0 N–H and O–H groups in total. The van der Waals surface area contributed by atoms with E-state index in [1.807, 2.05) is 104 Å². The van der Waals surface area contributed by atoms with Crippen molar-refractivity contribution < 1.29 is 42.0 Å². The third-order valence-electron chi connectivity index (χ3n) is 7.43. The molecule has 4 aromatic carbocycles. The Balaban J connectivity index is 1.97. The molecule has 0 spiro atoms. The fourth-order valence-corrected chi connectivity index (χ4v) is 10.8. The highest BCUT2D eigenvalue weighted by Crippen LogP contribution is 2.30. The van der Waals surface area contributed by atoms with E-state index < -0.39 is 18.1 Å². The van der Waals surface area contributed by atoms with Crippen molar-refractivity contribution in [1.82, 2.24) is 0 Å². The van der Waals surface area contributed by atoms with Crippen molar-refractivity contribution in [3.8, 4) is 46.0 Å². The number of rotatable bonds is 22. The van der Waals surface area contributed by atoms with Gasteiger partial charge in [-0.3, -0.25) is 0 Å². The Bertz CT molecular complexity index is 1430. The second kappa shape index (κ2) is 20.5. The Hall–Kier alpha value is -4.33. The van der Waals surface area contributed by atoms with Gasteiger partial charge in [-0.05, 0) is 125 Å². The Morgan fingerprint density at radius 2 is 0.490 bits per heavy atom. The summed E-state index contributed by atoms with van der Waals surface area (Å²) in [6.07, 6.45) is 0. The molecule has 11 heteroatoms. The van der Waals surface area contributed by atoms with Crippen molar-refractivity contribution in [2.45, 2.75) is 55.4 Å². The third kappa shape index (κ3) is 10.4. The first-order valence-electron chi connectivity index (χ1n) is 18.0. The fourth-order valence-electron chi connectivity index (χ4n) is 5.44. The van der Waals surface area contributed by atoms with Crippen LogP contribution in [0.4, 0.5) is 0 Å². The van der Waals surface area contributed by atoms with Crippen molar-refractivity contribution in [3.63, 3.8) is 0 Å². The lowest BCUT2D eigenvalue weighted by atomic mass is 10.3. The zero-order valence-corrected chi connectivity index (χ0v) is 33.3. The van der Waals surface area contributed by atoms with Gasteiger partial charge in [-0.2, -0.15) is 0 Å². The van der Waals surface area contributed by atoms with Crippen molar-refractivity contribution in [2.75, 3.05) is 52.9 Å². The topological polar surface area (TPSA) is 83.1 Å². The largest absolute Gasteiger partial charge is 0.490 e. The lowest BCUT2D eigenvalue weighted by Gasteiger charge is -2.26. The Morgan fingerprint density at radius 3 is 0.686 bits per heavy atom. The van der Waals surface area contributed by atoms with Crippen LogP contribution in [0.2, 0.25) is 0 Å². The zero-order chi connectivity index (χ0) is 36.6. The first kappa shape index (κ1) is 39.5. The minimum Gasteiger partial charge on any atom is -0.490 e. The standard InChI is InChI=1S/C40H52O9Si2/c1-9-41-33-21-17-29(25-37(33)45-13-5)50(30-18-22-34(42-10-2)38(26-30)46-14-6)49-51(31-19-23-35(43-11-3)39(27-31)47-15-7)32-20-24-36(44-12-4)40(28-32)48-16-8/h17-28H,9-16H2,1-8H3. The maximum atomic E-state index is 7.54. The van der Waals surface area contributed by atoms with E-state index in [-0.39, 0.29) is 0 Å². The van der Waals surface area contributed by atoms with E-state index in [4.69, 9.17) is 42.0 Å². The second-order valence-electron chi connectivity index (χ2n) is 10.9. The number of hydrogen-bond acceptors (Lipinski definition) is 9. The van der Waals surface area contributed by atoms with E-state index in [9.17, 15) is 0 Å². The molecule has 0 atom stereocenters. The van der Waals surface area contributed by atoms with Crippen LogP contribution in [0, 0.1) is 0 Å². The van der Waals surface area contributed by atoms with Gasteiger partial charge in [0.2, 0.25) is 0 Å². The molecule has 0 bridgehead atoms. The van der Waals surface area contributed by atoms with Crippen LogP contribution in [0.5, 0.6) is 46.0 Å². The molecule has 0 aliphatic heterocycles. The Labute approximate surface area is 307 Å². The molecule has 0 saturated carbocycles. The SMILES string of the molecule is CCOc1ccc([Si](O[Si](c2ccc(OCC)c(OCC)c2)c2ccc(OCC)c(OCC)c2)c2ccc(OCC)c(OCC)c2)cc1OCC. The minimum atomic E-state index is -1.99. The number of benzene rings is 4. The molecule has 0 aliphatic carbocycles. The van der Waals surface area contributed by atoms with Crippen LogP contribution in [0.1, 0.15) is 55.4 Å². The van der Waals surface area contributed by atoms with Crippen LogP contribution >= 0.6 is 0 Å². The average molecular weight is 733 g/mol. The van der Waals surface area contributed by atoms with E-state index in [1.165, 1.54) is 0 Å². The molecule has 0 aliphatic rings. The molecule has 0 aromatic heterocycles. The van der Waals surface area contributed by atoms with E-state index in [0.717, 1.165) is 20.7 Å². The average Bonchev–Trinajstić information content (AvgIpc) is 3.13. The lowest BCUT2D eigenvalue weighted by Crippen LogP contribution is -2.56. The molecule has 274 valence electrons. The van der Waals surface area contributed by atoms with E-state index in [1.54, 1.807) is 0 Å². The first-order chi connectivity index (χ1) is 24.9. The zero-order valence-electron chi connectivity index (χ0n) is 31.3. The quantitative estimate of drug-likeness (QED) is 0.0932. The summed E-state index contributed by atoms with van der Waals surface area (Å²) < 4.78 is 55.7. The van der Waals surface area contributed by atoms with Crippen molar-refractivity contribution in [3.05, 3.63) is 72.8 Å². The van der Waals surface area contributed by atoms with Crippen LogP contribution in [-0.4, -0.2) is 70.9 Å². The highest BCUT2D eigenvalue weighted by atomic mass is 28.4. The molecule has 4 rings (SSSR count). The fraction of sp³-hybridized carbons (Fsp3) is 0.400. The molecule has 0 amide bonds. The highest BCUT2D eigenvalue weighted by Gasteiger charge is 2.31. The summed E-state index contributed by atoms with van der Waals surface area (Å²) in [7, 11) is -3.99. The highest BCUT2D eigenvalue weighted by molar-refractivity contribution is 6.92. The van der Waals surface area contributed by atoms with Crippen LogP contribution < -0.4 is 58.6 Å².